The third-order valence-electron chi connectivity index (χ3n) is 6.29. The van der Waals surface area contributed by atoms with Gasteiger partial charge in [0.25, 0.3) is 5.91 Å². The number of hydrogen-bond donors (Lipinski definition) is 2. The molecule has 7 heteroatoms. The number of nitrogens with one attached hydrogen (secondary N) is 2. The first-order valence-corrected chi connectivity index (χ1v) is 11.6. The van der Waals surface area contributed by atoms with Crippen molar-refractivity contribution in [3.8, 4) is 11.5 Å². The van der Waals surface area contributed by atoms with Crippen LogP contribution < -0.4 is 20.1 Å². The molecule has 0 bridgehead atoms. The number of benzene rings is 1. The fourth-order valence-electron chi connectivity index (χ4n) is 4.18. The monoisotopic (exact) mass is 461 g/mol. The van der Waals surface area contributed by atoms with Gasteiger partial charge in [-0.15, -0.1) is 0 Å². The molecule has 0 fully saturated rings. The zero-order valence-electron chi connectivity index (χ0n) is 19.6. The average Bonchev–Trinajstić information content (AvgIpc) is 3.31. The SMILES string of the molecule is CC(C)(CNC(=O)c1ccccn1)C(CC1C=CC=CC1)NC(=O)Cc1ccc2c(c1)OCO2. The number of carbonyl (C=O) groups is 2. The minimum Gasteiger partial charge on any atom is -0.454 e. The van der Waals surface area contributed by atoms with E-state index in [4.69, 9.17) is 9.47 Å². The Labute approximate surface area is 200 Å². The molecule has 2 N–H and O–H groups in total. The van der Waals surface area contributed by atoms with Crippen molar-refractivity contribution >= 4 is 11.8 Å². The fourth-order valence-corrected chi connectivity index (χ4v) is 4.18. The van der Waals surface area contributed by atoms with Crippen LogP contribution in [-0.4, -0.2) is 36.2 Å². The lowest BCUT2D eigenvalue weighted by Crippen LogP contribution is -2.51. The smallest absolute Gasteiger partial charge is 0.269 e. The van der Waals surface area contributed by atoms with Gasteiger partial charge in [-0.05, 0) is 48.6 Å². The highest BCUT2D eigenvalue weighted by atomic mass is 16.7. The van der Waals surface area contributed by atoms with Crippen molar-refractivity contribution in [2.24, 2.45) is 11.3 Å². The van der Waals surface area contributed by atoms with E-state index in [1.807, 2.05) is 24.3 Å². The van der Waals surface area contributed by atoms with Gasteiger partial charge in [-0.25, -0.2) is 0 Å². The summed E-state index contributed by atoms with van der Waals surface area (Å²) in [6.07, 6.45) is 12.0. The highest BCUT2D eigenvalue weighted by Gasteiger charge is 2.33. The predicted molar refractivity (Wildman–Crippen MR) is 130 cm³/mol. The number of allylic oxidation sites excluding steroid dienone is 4. The topological polar surface area (TPSA) is 89.6 Å². The van der Waals surface area contributed by atoms with Crippen LogP contribution in [0.4, 0.5) is 0 Å². The minimum absolute atomic E-state index is 0.0664. The number of fused-ring (bicyclic) bond motifs is 1. The van der Waals surface area contributed by atoms with E-state index < -0.39 is 0 Å². The summed E-state index contributed by atoms with van der Waals surface area (Å²) in [7, 11) is 0. The summed E-state index contributed by atoms with van der Waals surface area (Å²) in [4.78, 5) is 29.7. The van der Waals surface area contributed by atoms with Crippen molar-refractivity contribution in [2.75, 3.05) is 13.3 Å². The molecular formula is C27H31N3O4. The van der Waals surface area contributed by atoms with Gasteiger partial charge in [0.2, 0.25) is 12.7 Å². The van der Waals surface area contributed by atoms with E-state index in [0.29, 0.717) is 29.7 Å². The van der Waals surface area contributed by atoms with Gasteiger partial charge >= 0.3 is 0 Å². The van der Waals surface area contributed by atoms with Gasteiger partial charge in [-0.3, -0.25) is 14.6 Å². The van der Waals surface area contributed by atoms with Gasteiger partial charge in [0.05, 0.1) is 6.42 Å². The van der Waals surface area contributed by atoms with E-state index in [2.05, 4.69) is 47.7 Å². The highest BCUT2D eigenvalue weighted by Crippen LogP contribution is 2.33. The van der Waals surface area contributed by atoms with E-state index in [-0.39, 0.29) is 36.5 Å². The second kappa shape index (κ2) is 10.5. The highest BCUT2D eigenvalue weighted by molar-refractivity contribution is 5.92. The molecule has 1 aliphatic carbocycles. The van der Waals surface area contributed by atoms with Crippen molar-refractivity contribution in [2.45, 2.75) is 39.2 Å². The predicted octanol–water partition coefficient (Wildman–Crippen LogP) is 3.82. The maximum Gasteiger partial charge on any atom is 0.269 e. The fraction of sp³-hybridized carbons (Fsp3) is 0.370. The summed E-state index contributed by atoms with van der Waals surface area (Å²) in [5.41, 5.74) is 0.855. The Hall–Kier alpha value is -3.61. The Morgan fingerprint density at radius 2 is 2.00 bits per heavy atom. The zero-order chi connectivity index (χ0) is 24.0. The third-order valence-corrected chi connectivity index (χ3v) is 6.29. The quantitative estimate of drug-likeness (QED) is 0.593. The number of carbonyl (C=O) groups excluding carboxylic acids is 2. The molecule has 178 valence electrons. The van der Waals surface area contributed by atoms with Gasteiger partial charge < -0.3 is 20.1 Å². The first-order chi connectivity index (χ1) is 16.4. The van der Waals surface area contributed by atoms with Crippen molar-refractivity contribution < 1.29 is 19.1 Å². The molecule has 2 aliphatic rings. The molecule has 2 amide bonds. The minimum atomic E-state index is -0.385. The molecule has 1 aromatic heterocycles. The van der Waals surface area contributed by atoms with E-state index in [1.54, 1.807) is 24.4 Å². The Kier molecular flexibility index (Phi) is 7.30. The largest absolute Gasteiger partial charge is 0.454 e. The standard InChI is InChI=1S/C27H31N3O4/c1-27(2,17-29-26(32)21-10-6-7-13-28-21)24(15-19-8-4-3-5-9-19)30-25(31)16-20-11-12-22-23(14-20)34-18-33-22/h3-8,10-14,19,24H,9,15-18H2,1-2H3,(H,29,32)(H,30,31). The number of aromatic nitrogens is 1. The van der Waals surface area contributed by atoms with Crippen LogP contribution in [0.5, 0.6) is 11.5 Å². The Bertz CT molecular complexity index is 1080. The molecule has 0 spiro atoms. The zero-order valence-corrected chi connectivity index (χ0v) is 19.6. The first-order valence-electron chi connectivity index (χ1n) is 11.6. The molecule has 2 atom stereocenters. The van der Waals surface area contributed by atoms with Crippen LogP contribution >= 0.6 is 0 Å². The van der Waals surface area contributed by atoms with Crippen LogP contribution in [-0.2, 0) is 11.2 Å². The summed E-state index contributed by atoms with van der Waals surface area (Å²) in [6, 6.07) is 10.7. The molecule has 2 aromatic rings. The molecule has 7 nitrogen and oxygen atoms in total. The maximum absolute atomic E-state index is 13.1. The van der Waals surface area contributed by atoms with Crippen molar-refractivity contribution in [3.63, 3.8) is 0 Å². The van der Waals surface area contributed by atoms with Crippen molar-refractivity contribution in [3.05, 3.63) is 78.2 Å². The molecule has 0 saturated carbocycles. The summed E-state index contributed by atoms with van der Waals surface area (Å²) >= 11 is 0. The number of amides is 2. The van der Waals surface area contributed by atoms with Crippen LogP contribution in [0.3, 0.4) is 0 Å². The van der Waals surface area contributed by atoms with Crippen molar-refractivity contribution in [1.82, 2.24) is 15.6 Å². The second-order valence-corrected chi connectivity index (χ2v) is 9.42. The number of hydrogen-bond acceptors (Lipinski definition) is 5. The molecule has 34 heavy (non-hydrogen) atoms. The maximum atomic E-state index is 13.1. The lowest BCUT2D eigenvalue weighted by atomic mass is 9.78. The van der Waals surface area contributed by atoms with Crippen molar-refractivity contribution in [1.29, 1.82) is 0 Å². The van der Waals surface area contributed by atoms with E-state index >= 15 is 0 Å². The van der Waals surface area contributed by atoms with E-state index in [0.717, 1.165) is 18.4 Å². The summed E-state index contributed by atoms with van der Waals surface area (Å²) in [6.45, 7) is 4.75. The first kappa shape index (κ1) is 23.5. The van der Waals surface area contributed by atoms with Crippen LogP contribution in [0.25, 0.3) is 0 Å². The molecule has 4 rings (SSSR count). The number of nitrogens with zero attached hydrogens (tertiary/aromatic N) is 1. The molecule has 0 saturated heterocycles. The Morgan fingerprint density at radius 3 is 2.76 bits per heavy atom. The van der Waals surface area contributed by atoms with Gasteiger partial charge in [0, 0.05) is 24.2 Å². The molecule has 0 radical (unpaired) electrons. The van der Waals surface area contributed by atoms with E-state index in [9.17, 15) is 9.59 Å². The lowest BCUT2D eigenvalue weighted by molar-refractivity contribution is -0.122. The Morgan fingerprint density at radius 1 is 1.15 bits per heavy atom. The second-order valence-electron chi connectivity index (χ2n) is 9.42. The normalized spacial score (nSPS) is 17.3. The molecule has 2 unspecified atom stereocenters. The third kappa shape index (κ3) is 6.04. The lowest BCUT2D eigenvalue weighted by Gasteiger charge is -2.37. The number of rotatable bonds is 9. The van der Waals surface area contributed by atoms with Gasteiger partial charge in [0.15, 0.2) is 11.5 Å². The van der Waals surface area contributed by atoms with Gasteiger partial charge in [-0.2, -0.15) is 0 Å². The molecule has 1 aliphatic heterocycles. The molecule has 1 aromatic carbocycles. The average molecular weight is 462 g/mol. The van der Waals surface area contributed by atoms with E-state index in [1.165, 1.54) is 0 Å². The summed E-state index contributed by atoms with van der Waals surface area (Å²) in [5.74, 6) is 1.40. The van der Waals surface area contributed by atoms with Gasteiger partial charge in [0.1, 0.15) is 5.69 Å². The molecular weight excluding hydrogens is 430 g/mol. The van der Waals surface area contributed by atoms with Crippen LogP contribution in [0.2, 0.25) is 0 Å². The Balaban J connectivity index is 1.42. The van der Waals surface area contributed by atoms with Crippen LogP contribution in [0.1, 0.15) is 42.7 Å². The summed E-state index contributed by atoms with van der Waals surface area (Å²) < 4.78 is 10.8. The van der Waals surface area contributed by atoms with Crippen LogP contribution in [0.15, 0.2) is 66.9 Å². The van der Waals surface area contributed by atoms with Gasteiger partial charge in [-0.1, -0.05) is 50.3 Å². The van der Waals surface area contributed by atoms with Crippen LogP contribution in [0, 0.1) is 11.3 Å². The number of pyridine rings is 1. The summed E-state index contributed by atoms with van der Waals surface area (Å²) in [5, 5.41) is 6.24. The number of ether oxygens (including phenoxy) is 2. The molecule has 2 heterocycles.